The van der Waals surface area contributed by atoms with Gasteiger partial charge in [0.1, 0.15) is 18.1 Å². The molecule has 0 radical (unpaired) electrons. The zero-order chi connectivity index (χ0) is 24.4. The van der Waals surface area contributed by atoms with E-state index in [2.05, 4.69) is 5.32 Å². The van der Waals surface area contributed by atoms with Crippen LogP contribution in [0.1, 0.15) is 39.5 Å². The van der Waals surface area contributed by atoms with Crippen molar-refractivity contribution >= 4 is 29.8 Å². The van der Waals surface area contributed by atoms with Gasteiger partial charge < -0.3 is 48.7 Å². The Bertz CT molecular complexity index is 560. The van der Waals surface area contributed by atoms with Crippen molar-refractivity contribution in [1.29, 1.82) is 5.41 Å². The highest BCUT2D eigenvalue weighted by Gasteiger charge is 2.17. The molecule has 0 aliphatic heterocycles. The minimum absolute atomic E-state index is 0.0718. The Hall–Kier alpha value is -2.97. The molecular formula is C16H34N6O8. The maximum atomic E-state index is 10.2. The minimum atomic E-state index is -1.29. The lowest BCUT2D eigenvalue weighted by Crippen LogP contribution is -2.36. The summed E-state index contributed by atoms with van der Waals surface area (Å²) in [6, 6.07) is -2.81. The van der Waals surface area contributed by atoms with Gasteiger partial charge >= 0.3 is 23.9 Å². The summed E-state index contributed by atoms with van der Waals surface area (Å²) in [5.74, 6) is -4.45. The lowest BCUT2D eigenvalue weighted by atomic mass is 10.0. The van der Waals surface area contributed by atoms with Crippen LogP contribution < -0.4 is 28.3 Å². The van der Waals surface area contributed by atoms with Gasteiger partial charge in [-0.05, 0) is 18.8 Å². The van der Waals surface area contributed by atoms with Crippen molar-refractivity contribution in [3.8, 4) is 0 Å². The van der Waals surface area contributed by atoms with Gasteiger partial charge in [0, 0.05) is 6.54 Å². The van der Waals surface area contributed by atoms with Crippen LogP contribution in [0.5, 0.6) is 0 Å². The van der Waals surface area contributed by atoms with Crippen molar-refractivity contribution < 1.29 is 39.6 Å². The normalized spacial score (nSPS) is 13.6. The van der Waals surface area contributed by atoms with E-state index in [1.165, 1.54) is 0 Å². The van der Waals surface area contributed by atoms with Crippen LogP contribution in [0, 0.1) is 11.3 Å². The van der Waals surface area contributed by atoms with Gasteiger partial charge in [-0.15, -0.1) is 0 Å². The van der Waals surface area contributed by atoms with Crippen LogP contribution in [-0.4, -0.2) is 74.9 Å². The van der Waals surface area contributed by atoms with E-state index >= 15 is 0 Å². The smallest absolute Gasteiger partial charge is 0.321 e. The summed E-state index contributed by atoms with van der Waals surface area (Å²) in [5, 5.41) is 42.1. The van der Waals surface area contributed by atoms with E-state index in [0.29, 0.717) is 19.4 Å². The summed E-state index contributed by atoms with van der Waals surface area (Å²) in [6.07, 6.45) is 1.26. The molecule has 0 bridgehead atoms. The molecule has 0 heterocycles. The highest BCUT2D eigenvalue weighted by molar-refractivity contribution is 5.80. The highest BCUT2D eigenvalue weighted by atomic mass is 16.4. The fourth-order valence-electron chi connectivity index (χ4n) is 1.44. The molecule has 0 aliphatic carbocycles. The first-order chi connectivity index (χ1) is 13.7. The predicted molar refractivity (Wildman–Crippen MR) is 108 cm³/mol. The first kappa shape index (κ1) is 31.7. The summed E-state index contributed by atoms with van der Waals surface area (Å²) in [6.45, 7) is 4.24. The Kier molecular flexibility index (Phi) is 19.1. The molecule has 0 amide bonds. The summed E-state index contributed by atoms with van der Waals surface area (Å²) in [4.78, 5) is 40.0. The second-order valence-electron chi connectivity index (χ2n) is 6.22. The van der Waals surface area contributed by atoms with E-state index < -0.39 is 48.4 Å². The molecule has 4 unspecified atom stereocenters. The van der Waals surface area contributed by atoms with Gasteiger partial charge in [0.2, 0.25) is 0 Å². The number of nitrogens with two attached hydrogens (primary N) is 4. The first-order valence-electron chi connectivity index (χ1n) is 8.92. The third-order valence-electron chi connectivity index (χ3n) is 3.58. The van der Waals surface area contributed by atoms with Gasteiger partial charge in [-0.1, -0.05) is 20.3 Å². The van der Waals surface area contributed by atoms with Crippen molar-refractivity contribution in [3.05, 3.63) is 0 Å². The number of rotatable bonds is 11. The molecule has 0 fully saturated rings. The number of aliphatic carboxylic acids is 4. The van der Waals surface area contributed by atoms with Gasteiger partial charge in [-0.25, -0.2) is 0 Å². The topological polar surface area (TPSA) is 289 Å². The SMILES string of the molecule is CCC(C)C(N)C(=O)O.N=C(N)NCCCC(N)C(=O)O.NC(CC(=O)O)C(=O)O. The summed E-state index contributed by atoms with van der Waals surface area (Å²) in [5.41, 5.74) is 20.3. The molecule has 0 saturated carbocycles. The van der Waals surface area contributed by atoms with Crippen molar-refractivity contribution in [2.45, 2.75) is 57.7 Å². The van der Waals surface area contributed by atoms with E-state index in [-0.39, 0.29) is 11.9 Å². The lowest BCUT2D eigenvalue weighted by molar-refractivity contribution is -0.144. The Morgan fingerprint density at radius 3 is 1.63 bits per heavy atom. The first-order valence-corrected chi connectivity index (χ1v) is 8.92. The van der Waals surface area contributed by atoms with Crippen molar-refractivity contribution in [2.75, 3.05) is 6.54 Å². The zero-order valence-corrected chi connectivity index (χ0v) is 17.1. The average Bonchev–Trinajstić information content (AvgIpc) is 2.63. The quantitative estimate of drug-likeness (QED) is 0.0947. The largest absolute Gasteiger partial charge is 0.481 e. The number of carbonyl (C=O) groups is 4. The Balaban J connectivity index is -0.000000371. The second-order valence-corrected chi connectivity index (χ2v) is 6.22. The van der Waals surface area contributed by atoms with Gasteiger partial charge in [-0.3, -0.25) is 24.6 Å². The molecule has 30 heavy (non-hydrogen) atoms. The molecule has 4 atom stereocenters. The van der Waals surface area contributed by atoms with Gasteiger partial charge in [0.15, 0.2) is 5.96 Å². The third-order valence-corrected chi connectivity index (χ3v) is 3.58. The number of guanidine groups is 1. The molecule has 14 N–H and O–H groups in total. The summed E-state index contributed by atoms with van der Waals surface area (Å²) >= 11 is 0. The molecule has 14 heteroatoms. The van der Waals surface area contributed by atoms with Crippen molar-refractivity contribution in [2.24, 2.45) is 28.9 Å². The summed E-state index contributed by atoms with van der Waals surface area (Å²) in [7, 11) is 0. The number of hydrogen-bond donors (Lipinski definition) is 10. The molecule has 14 nitrogen and oxygen atoms in total. The average molecular weight is 438 g/mol. The van der Waals surface area contributed by atoms with Crippen molar-refractivity contribution in [1.82, 2.24) is 5.32 Å². The fraction of sp³-hybridized carbons (Fsp3) is 0.688. The van der Waals surface area contributed by atoms with Crippen LogP contribution >= 0.6 is 0 Å². The van der Waals surface area contributed by atoms with Crippen molar-refractivity contribution in [3.63, 3.8) is 0 Å². The number of hydrogen-bond acceptors (Lipinski definition) is 8. The van der Waals surface area contributed by atoms with Crippen LogP contribution in [0.3, 0.4) is 0 Å². The highest BCUT2D eigenvalue weighted by Crippen LogP contribution is 2.04. The molecule has 0 aromatic rings. The number of nitrogens with one attached hydrogen (secondary N) is 2. The Labute approximate surface area is 174 Å². The lowest BCUT2D eigenvalue weighted by Gasteiger charge is -2.11. The molecule has 0 aliphatic rings. The molecule has 0 spiro atoms. The van der Waals surface area contributed by atoms with Gasteiger partial charge in [0.05, 0.1) is 6.42 Å². The van der Waals surface area contributed by atoms with Crippen LogP contribution in [0.15, 0.2) is 0 Å². The van der Waals surface area contributed by atoms with Crippen LogP contribution in [0.4, 0.5) is 0 Å². The minimum Gasteiger partial charge on any atom is -0.481 e. The number of carboxylic acid groups (broad SMARTS) is 4. The molecule has 0 aromatic carbocycles. The monoisotopic (exact) mass is 438 g/mol. The second kappa shape index (κ2) is 18.1. The molecule has 0 aromatic heterocycles. The number of carboxylic acids is 4. The van der Waals surface area contributed by atoms with Crippen LogP contribution in [-0.2, 0) is 19.2 Å². The Morgan fingerprint density at radius 2 is 1.40 bits per heavy atom. The van der Waals surface area contributed by atoms with E-state index in [4.69, 9.17) is 48.8 Å². The summed E-state index contributed by atoms with van der Waals surface area (Å²) < 4.78 is 0. The molecular weight excluding hydrogens is 404 g/mol. The van der Waals surface area contributed by atoms with E-state index in [9.17, 15) is 19.2 Å². The maximum Gasteiger partial charge on any atom is 0.321 e. The third kappa shape index (κ3) is 21.3. The van der Waals surface area contributed by atoms with Crippen LogP contribution in [0.25, 0.3) is 0 Å². The van der Waals surface area contributed by atoms with E-state index in [1.807, 2.05) is 13.8 Å². The fourth-order valence-corrected chi connectivity index (χ4v) is 1.44. The van der Waals surface area contributed by atoms with Gasteiger partial charge in [-0.2, -0.15) is 0 Å². The van der Waals surface area contributed by atoms with E-state index in [1.54, 1.807) is 0 Å². The predicted octanol–water partition coefficient (Wildman–Crippen LogP) is -2.02. The van der Waals surface area contributed by atoms with Crippen LogP contribution in [0.2, 0.25) is 0 Å². The Morgan fingerprint density at radius 1 is 0.933 bits per heavy atom. The maximum absolute atomic E-state index is 10.2. The molecule has 0 rings (SSSR count). The molecule has 0 saturated heterocycles. The van der Waals surface area contributed by atoms with Gasteiger partial charge in [0.25, 0.3) is 0 Å². The zero-order valence-electron chi connectivity index (χ0n) is 17.1. The van der Waals surface area contributed by atoms with E-state index in [0.717, 1.165) is 6.42 Å². The molecule has 176 valence electrons. The standard InChI is InChI=1S/C6H14N4O2.C6H13NO2.C4H7NO4/c7-4(5(11)12)2-1-3-10-6(8)9;1-3-4(2)5(7)6(8)9;5-2(4(8)9)1-3(6)7/h4H,1-3,7H2,(H,11,12)(H4,8,9,10);4-5H,3,7H2,1-2H3,(H,8,9);2H,1,5H2,(H,6,7)(H,8,9).